The first-order valence-corrected chi connectivity index (χ1v) is 8.84. The number of phenolic OH excluding ortho intramolecular Hbond substituents is 1. The first kappa shape index (κ1) is 17.5. The Hall–Kier alpha value is -2.33. The zero-order valence-corrected chi connectivity index (χ0v) is 14.8. The molecule has 1 aliphatic rings. The molecule has 0 bridgehead atoms. The minimum absolute atomic E-state index is 0.0300. The van der Waals surface area contributed by atoms with Gasteiger partial charge in [0.1, 0.15) is 5.75 Å². The Morgan fingerprint density at radius 1 is 1.16 bits per heavy atom. The van der Waals surface area contributed by atoms with E-state index in [4.69, 9.17) is 0 Å². The fourth-order valence-electron chi connectivity index (χ4n) is 3.42. The molecule has 2 aromatic rings. The minimum Gasteiger partial charge on any atom is -0.508 e. The van der Waals surface area contributed by atoms with Crippen molar-refractivity contribution < 1.29 is 15.0 Å². The van der Waals surface area contributed by atoms with Crippen molar-refractivity contribution in [2.75, 3.05) is 0 Å². The maximum absolute atomic E-state index is 12.9. The molecule has 4 heteroatoms. The summed E-state index contributed by atoms with van der Waals surface area (Å²) in [6.45, 7) is 4.94. The van der Waals surface area contributed by atoms with E-state index in [9.17, 15) is 15.0 Å². The molecule has 0 aromatic heterocycles. The van der Waals surface area contributed by atoms with Crippen LogP contribution in [-0.2, 0) is 18.7 Å². The van der Waals surface area contributed by atoms with Gasteiger partial charge in [0.2, 0.25) is 0 Å². The van der Waals surface area contributed by atoms with E-state index in [1.165, 1.54) is 17.2 Å². The standard InChI is InChI=1S/C21H25NO3/c1-3-4-11-21(2,25)18-12-15(9-10-19(18)23)20(24)22-13-16-7-5-6-8-17(16)14-22/h5-10,12,23,25H,3-4,11,13-14H2,1-2H3. The number of fused-ring (bicyclic) bond motifs is 1. The van der Waals surface area contributed by atoms with Crippen LogP contribution in [0.5, 0.6) is 5.75 Å². The second kappa shape index (κ2) is 6.89. The molecule has 1 heterocycles. The quantitative estimate of drug-likeness (QED) is 0.867. The summed E-state index contributed by atoms with van der Waals surface area (Å²) >= 11 is 0. The maximum Gasteiger partial charge on any atom is 0.254 e. The van der Waals surface area contributed by atoms with Gasteiger partial charge < -0.3 is 15.1 Å². The smallest absolute Gasteiger partial charge is 0.254 e. The molecule has 0 saturated carbocycles. The average Bonchev–Trinajstić information content (AvgIpc) is 3.04. The lowest BCUT2D eigenvalue weighted by Crippen LogP contribution is -2.27. The van der Waals surface area contributed by atoms with Crippen molar-refractivity contribution >= 4 is 5.91 Å². The normalized spacial score (nSPS) is 15.7. The number of carbonyl (C=O) groups excluding carboxylic acids is 1. The molecule has 2 N–H and O–H groups in total. The molecule has 25 heavy (non-hydrogen) atoms. The number of benzene rings is 2. The van der Waals surface area contributed by atoms with Crippen LogP contribution in [0.4, 0.5) is 0 Å². The number of aromatic hydroxyl groups is 1. The first-order chi connectivity index (χ1) is 11.9. The van der Waals surface area contributed by atoms with Gasteiger partial charge in [-0.25, -0.2) is 0 Å². The summed E-state index contributed by atoms with van der Waals surface area (Å²) in [5.74, 6) is -0.0499. The summed E-state index contributed by atoms with van der Waals surface area (Å²) in [4.78, 5) is 14.7. The molecule has 1 amide bonds. The van der Waals surface area contributed by atoms with Gasteiger partial charge in [0, 0.05) is 24.2 Å². The van der Waals surface area contributed by atoms with Gasteiger partial charge in [-0.1, -0.05) is 44.0 Å². The Morgan fingerprint density at radius 3 is 2.40 bits per heavy atom. The predicted octanol–water partition coefficient (Wildman–Crippen LogP) is 3.95. The van der Waals surface area contributed by atoms with Crippen molar-refractivity contribution in [3.8, 4) is 5.75 Å². The molecule has 1 atom stereocenters. The third-order valence-corrected chi connectivity index (χ3v) is 4.97. The van der Waals surface area contributed by atoms with Crippen molar-refractivity contribution in [1.29, 1.82) is 0 Å². The highest BCUT2D eigenvalue weighted by molar-refractivity contribution is 5.95. The van der Waals surface area contributed by atoms with Gasteiger partial charge in [-0.15, -0.1) is 0 Å². The van der Waals surface area contributed by atoms with E-state index in [0.29, 0.717) is 30.6 Å². The lowest BCUT2D eigenvalue weighted by Gasteiger charge is -2.25. The van der Waals surface area contributed by atoms with Gasteiger partial charge in [-0.3, -0.25) is 4.79 Å². The van der Waals surface area contributed by atoms with Crippen LogP contribution in [0.1, 0.15) is 60.2 Å². The molecular weight excluding hydrogens is 314 g/mol. The highest BCUT2D eigenvalue weighted by Gasteiger charge is 2.29. The van der Waals surface area contributed by atoms with Gasteiger partial charge in [0.25, 0.3) is 5.91 Å². The average molecular weight is 339 g/mol. The summed E-state index contributed by atoms with van der Waals surface area (Å²) in [6, 6.07) is 12.8. The zero-order chi connectivity index (χ0) is 18.0. The van der Waals surface area contributed by atoms with Crippen LogP contribution in [0, 0.1) is 0 Å². The lowest BCUT2D eigenvalue weighted by atomic mass is 9.88. The van der Waals surface area contributed by atoms with E-state index in [0.717, 1.165) is 12.8 Å². The van der Waals surface area contributed by atoms with Gasteiger partial charge >= 0.3 is 0 Å². The van der Waals surface area contributed by atoms with Gasteiger partial charge in [0.15, 0.2) is 0 Å². The number of amides is 1. The molecule has 3 rings (SSSR count). The van der Waals surface area contributed by atoms with Crippen LogP contribution in [0.25, 0.3) is 0 Å². The summed E-state index contributed by atoms with van der Waals surface area (Å²) in [6.07, 6.45) is 2.36. The van der Waals surface area contributed by atoms with Crippen LogP contribution in [0.2, 0.25) is 0 Å². The van der Waals surface area contributed by atoms with Crippen molar-refractivity contribution in [2.24, 2.45) is 0 Å². The van der Waals surface area contributed by atoms with Gasteiger partial charge in [-0.2, -0.15) is 0 Å². The van der Waals surface area contributed by atoms with E-state index < -0.39 is 5.60 Å². The van der Waals surface area contributed by atoms with E-state index in [1.54, 1.807) is 24.0 Å². The molecule has 0 aliphatic carbocycles. The molecule has 132 valence electrons. The molecule has 4 nitrogen and oxygen atoms in total. The third kappa shape index (κ3) is 3.54. The number of aliphatic hydroxyl groups is 1. The van der Waals surface area contributed by atoms with Crippen molar-refractivity contribution in [3.05, 3.63) is 64.7 Å². The molecule has 0 spiro atoms. The molecule has 2 aromatic carbocycles. The molecule has 1 unspecified atom stereocenters. The first-order valence-electron chi connectivity index (χ1n) is 8.84. The highest BCUT2D eigenvalue weighted by Crippen LogP contribution is 2.34. The predicted molar refractivity (Wildman–Crippen MR) is 97.2 cm³/mol. The Morgan fingerprint density at radius 2 is 1.80 bits per heavy atom. The number of hydrogen-bond acceptors (Lipinski definition) is 3. The fraction of sp³-hybridized carbons (Fsp3) is 0.381. The fourth-order valence-corrected chi connectivity index (χ4v) is 3.42. The number of nitrogens with zero attached hydrogens (tertiary/aromatic N) is 1. The number of hydrogen-bond donors (Lipinski definition) is 2. The van der Waals surface area contributed by atoms with Crippen LogP contribution in [0.3, 0.4) is 0 Å². The Bertz CT molecular complexity index is 757. The largest absolute Gasteiger partial charge is 0.508 e. The highest BCUT2D eigenvalue weighted by atomic mass is 16.3. The number of carbonyl (C=O) groups is 1. The van der Waals surface area contributed by atoms with E-state index >= 15 is 0 Å². The summed E-state index contributed by atoms with van der Waals surface area (Å²) < 4.78 is 0. The lowest BCUT2D eigenvalue weighted by molar-refractivity contribution is 0.0429. The second-order valence-electron chi connectivity index (χ2n) is 7.04. The summed E-state index contributed by atoms with van der Waals surface area (Å²) in [7, 11) is 0. The Kier molecular flexibility index (Phi) is 4.82. The number of rotatable bonds is 5. The molecule has 1 aliphatic heterocycles. The maximum atomic E-state index is 12.9. The Balaban J connectivity index is 1.84. The topological polar surface area (TPSA) is 60.8 Å². The van der Waals surface area contributed by atoms with Crippen molar-refractivity contribution in [3.63, 3.8) is 0 Å². The minimum atomic E-state index is -1.15. The van der Waals surface area contributed by atoms with Gasteiger partial charge in [-0.05, 0) is 42.7 Å². The number of phenols is 1. The van der Waals surface area contributed by atoms with Crippen LogP contribution >= 0.6 is 0 Å². The molecule has 0 saturated heterocycles. The monoisotopic (exact) mass is 339 g/mol. The van der Waals surface area contributed by atoms with E-state index in [1.807, 2.05) is 24.3 Å². The van der Waals surface area contributed by atoms with Crippen molar-refractivity contribution in [2.45, 2.75) is 51.8 Å². The molecule has 0 fully saturated rings. The summed E-state index contributed by atoms with van der Waals surface area (Å²) in [5.41, 5.74) is 2.11. The van der Waals surface area contributed by atoms with Crippen LogP contribution in [0.15, 0.2) is 42.5 Å². The van der Waals surface area contributed by atoms with Crippen LogP contribution in [-0.4, -0.2) is 21.0 Å². The number of unbranched alkanes of at least 4 members (excludes halogenated alkanes) is 1. The molecule has 0 radical (unpaired) electrons. The second-order valence-corrected chi connectivity index (χ2v) is 7.04. The van der Waals surface area contributed by atoms with E-state index in [2.05, 4.69) is 6.92 Å². The van der Waals surface area contributed by atoms with Crippen LogP contribution < -0.4 is 0 Å². The Labute approximate surface area is 148 Å². The zero-order valence-electron chi connectivity index (χ0n) is 14.8. The van der Waals surface area contributed by atoms with Crippen molar-refractivity contribution in [1.82, 2.24) is 4.90 Å². The molecular formula is C21H25NO3. The third-order valence-electron chi connectivity index (χ3n) is 4.97. The van der Waals surface area contributed by atoms with E-state index in [-0.39, 0.29) is 11.7 Å². The van der Waals surface area contributed by atoms with Gasteiger partial charge in [0.05, 0.1) is 5.60 Å². The SMILES string of the molecule is CCCCC(C)(O)c1cc(C(=O)N2Cc3ccccc3C2)ccc1O. The summed E-state index contributed by atoms with van der Waals surface area (Å²) in [5, 5.41) is 20.9.